The molecule has 0 atom stereocenters. The molecule has 0 aromatic carbocycles. The number of hydrogen-bond donors (Lipinski definition) is 0. The van der Waals surface area contributed by atoms with Crippen LogP contribution in [0.3, 0.4) is 0 Å². The van der Waals surface area contributed by atoms with E-state index >= 15 is 0 Å². The monoisotopic (exact) mass is 219 g/mol. The second kappa shape index (κ2) is 9.32. The van der Waals surface area contributed by atoms with Crippen LogP contribution in [0.15, 0.2) is 12.3 Å². The lowest BCUT2D eigenvalue weighted by atomic mass is 10.1. The predicted octanol–water partition coefficient (Wildman–Crippen LogP) is 3.96. The van der Waals surface area contributed by atoms with Gasteiger partial charge >= 0.3 is 0 Å². The van der Waals surface area contributed by atoms with Gasteiger partial charge in [-0.05, 0) is 18.9 Å². The Bertz CT molecular complexity index is 246. The predicted molar refractivity (Wildman–Crippen MR) is 67.2 cm³/mol. The first-order chi connectivity index (χ1) is 7.93. The summed E-state index contributed by atoms with van der Waals surface area (Å²) in [6.07, 6.45) is 16.4. The van der Waals surface area contributed by atoms with Gasteiger partial charge in [-0.25, -0.2) is 9.97 Å². The Labute approximate surface area is 99.5 Å². The molecule has 0 fully saturated rings. The molecule has 0 saturated carbocycles. The lowest BCUT2D eigenvalue weighted by Gasteiger charge is -2.01. The second-order valence-electron chi connectivity index (χ2n) is 4.37. The van der Waals surface area contributed by atoms with E-state index in [9.17, 15) is 0 Å². The molecule has 1 aromatic rings. The largest absolute Gasteiger partial charge is 0.234 e. The molecular weight excluding hydrogens is 196 g/mol. The molecule has 1 rings (SSSR count). The lowest BCUT2D eigenvalue weighted by Crippen LogP contribution is -1.90. The Kier molecular flexibility index (Phi) is 7.65. The van der Waals surface area contributed by atoms with Crippen LogP contribution in [0.5, 0.6) is 0 Å². The van der Waals surface area contributed by atoms with E-state index in [1.54, 1.807) is 6.20 Å². The fourth-order valence-electron chi connectivity index (χ4n) is 1.87. The van der Waals surface area contributed by atoms with Crippen molar-refractivity contribution in [1.29, 1.82) is 0 Å². The number of aryl methyl sites for hydroxylation is 1. The summed E-state index contributed by atoms with van der Waals surface area (Å²) in [5, 5.41) is 0. The van der Waals surface area contributed by atoms with Gasteiger partial charge in [0.25, 0.3) is 0 Å². The smallest absolute Gasteiger partial charge is 0.197 e. The van der Waals surface area contributed by atoms with Gasteiger partial charge in [-0.15, -0.1) is 0 Å². The molecule has 1 aromatic heterocycles. The molecule has 0 N–H and O–H groups in total. The SMILES string of the molecule is CCCCCCCCCCc1ccn[c]n1. The molecule has 2 heteroatoms. The van der Waals surface area contributed by atoms with Crippen molar-refractivity contribution < 1.29 is 0 Å². The van der Waals surface area contributed by atoms with Crippen molar-refractivity contribution in [2.45, 2.75) is 64.7 Å². The molecule has 1 heterocycles. The quantitative estimate of drug-likeness (QED) is 0.587. The van der Waals surface area contributed by atoms with E-state index in [-0.39, 0.29) is 0 Å². The molecule has 0 amide bonds. The third-order valence-electron chi connectivity index (χ3n) is 2.88. The summed E-state index contributed by atoms with van der Waals surface area (Å²) in [6.45, 7) is 2.26. The van der Waals surface area contributed by atoms with E-state index in [1.165, 1.54) is 51.4 Å². The van der Waals surface area contributed by atoms with Crippen LogP contribution >= 0.6 is 0 Å². The highest BCUT2D eigenvalue weighted by Crippen LogP contribution is 2.09. The van der Waals surface area contributed by atoms with E-state index < -0.39 is 0 Å². The third kappa shape index (κ3) is 6.54. The van der Waals surface area contributed by atoms with Crippen molar-refractivity contribution in [3.63, 3.8) is 0 Å². The van der Waals surface area contributed by atoms with Crippen molar-refractivity contribution in [3.05, 3.63) is 24.3 Å². The van der Waals surface area contributed by atoms with Crippen molar-refractivity contribution in [3.8, 4) is 0 Å². The van der Waals surface area contributed by atoms with E-state index in [4.69, 9.17) is 0 Å². The Hall–Kier alpha value is -0.920. The Morgan fingerprint density at radius 1 is 1.00 bits per heavy atom. The summed E-state index contributed by atoms with van der Waals surface area (Å²) in [5.41, 5.74) is 1.13. The topological polar surface area (TPSA) is 25.8 Å². The maximum Gasteiger partial charge on any atom is 0.197 e. The van der Waals surface area contributed by atoms with Crippen molar-refractivity contribution in [2.24, 2.45) is 0 Å². The zero-order valence-electron chi connectivity index (χ0n) is 10.4. The molecule has 0 aliphatic rings. The average Bonchev–Trinajstić information content (AvgIpc) is 2.34. The third-order valence-corrected chi connectivity index (χ3v) is 2.88. The molecule has 2 nitrogen and oxygen atoms in total. The summed E-state index contributed by atoms with van der Waals surface area (Å²) in [5.74, 6) is 0. The van der Waals surface area contributed by atoms with E-state index in [2.05, 4.69) is 23.2 Å². The standard InChI is InChI=1S/C14H23N2/c1-2-3-4-5-6-7-8-9-10-14-11-12-15-13-16-14/h11-12H,2-10H2,1H3. The number of unbranched alkanes of at least 4 members (excludes halogenated alkanes) is 7. The summed E-state index contributed by atoms with van der Waals surface area (Å²) >= 11 is 0. The molecule has 0 saturated heterocycles. The van der Waals surface area contributed by atoms with Crippen LogP contribution in [0.4, 0.5) is 0 Å². The molecule has 1 radical (unpaired) electrons. The fourth-order valence-corrected chi connectivity index (χ4v) is 1.87. The van der Waals surface area contributed by atoms with Gasteiger partial charge in [-0.3, -0.25) is 0 Å². The van der Waals surface area contributed by atoms with Crippen LogP contribution in [-0.4, -0.2) is 9.97 Å². The van der Waals surface area contributed by atoms with Gasteiger partial charge in [-0.1, -0.05) is 51.9 Å². The van der Waals surface area contributed by atoms with E-state index in [0.29, 0.717) is 0 Å². The molecule has 0 bridgehead atoms. The van der Waals surface area contributed by atoms with Crippen LogP contribution < -0.4 is 0 Å². The highest BCUT2D eigenvalue weighted by atomic mass is 14.8. The van der Waals surface area contributed by atoms with Gasteiger partial charge in [0.15, 0.2) is 6.33 Å². The van der Waals surface area contributed by atoms with E-state index in [0.717, 1.165) is 12.1 Å². The van der Waals surface area contributed by atoms with Crippen molar-refractivity contribution in [2.75, 3.05) is 0 Å². The zero-order chi connectivity index (χ0) is 11.5. The first-order valence-corrected chi connectivity index (χ1v) is 6.61. The minimum Gasteiger partial charge on any atom is -0.234 e. The van der Waals surface area contributed by atoms with Crippen molar-refractivity contribution in [1.82, 2.24) is 9.97 Å². The summed E-state index contributed by atoms with van der Waals surface area (Å²) in [6, 6.07) is 1.98. The van der Waals surface area contributed by atoms with Gasteiger partial charge in [0.2, 0.25) is 0 Å². The van der Waals surface area contributed by atoms with Gasteiger partial charge in [0.05, 0.1) is 0 Å². The maximum absolute atomic E-state index is 4.10. The van der Waals surface area contributed by atoms with Crippen molar-refractivity contribution >= 4 is 0 Å². The number of aromatic nitrogens is 2. The highest BCUT2D eigenvalue weighted by Gasteiger charge is 1.94. The van der Waals surface area contributed by atoms with E-state index in [1.807, 2.05) is 6.07 Å². The summed E-state index contributed by atoms with van der Waals surface area (Å²) in [7, 11) is 0. The summed E-state index contributed by atoms with van der Waals surface area (Å²) in [4.78, 5) is 7.90. The molecular formula is C14H23N2. The highest BCUT2D eigenvalue weighted by molar-refractivity contribution is 4.96. The number of hydrogen-bond acceptors (Lipinski definition) is 2. The normalized spacial score (nSPS) is 10.6. The molecule has 0 spiro atoms. The molecule has 16 heavy (non-hydrogen) atoms. The first kappa shape index (κ1) is 13.1. The van der Waals surface area contributed by atoms with Gasteiger partial charge in [-0.2, -0.15) is 0 Å². The molecule has 89 valence electrons. The fraction of sp³-hybridized carbons (Fsp3) is 0.714. The minimum atomic E-state index is 1.08. The van der Waals surface area contributed by atoms with Crippen LogP contribution in [0.2, 0.25) is 0 Å². The maximum atomic E-state index is 4.10. The number of rotatable bonds is 9. The first-order valence-electron chi connectivity index (χ1n) is 6.61. The van der Waals surface area contributed by atoms with Gasteiger partial charge in [0, 0.05) is 11.9 Å². The molecule has 0 unspecified atom stereocenters. The Balaban J connectivity index is 1.89. The second-order valence-corrected chi connectivity index (χ2v) is 4.37. The number of nitrogens with zero attached hydrogens (tertiary/aromatic N) is 2. The van der Waals surface area contributed by atoms with Crippen LogP contribution in [0, 0.1) is 6.33 Å². The molecule has 0 aliphatic heterocycles. The summed E-state index contributed by atoms with van der Waals surface area (Å²) < 4.78 is 0. The molecule has 0 aliphatic carbocycles. The van der Waals surface area contributed by atoms with Crippen LogP contribution in [0.25, 0.3) is 0 Å². The zero-order valence-corrected chi connectivity index (χ0v) is 10.4. The van der Waals surface area contributed by atoms with Crippen LogP contribution in [0.1, 0.15) is 64.0 Å². The van der Waals surface area contributed by atoms with Gasteiger partial charge < -0.3 is 0 Å². The minimum absolute atomic E-state index is 1.08. The Morgan fingerprint density at radius 2 is 1.69 bits per heavy atom. The lowest BCUT2D eigenvalue weighted by molar-refractivity contribution is 0.574. The average molecular weight is 219 g/mol. The van der Waals surface area contributed by atoms with Crippen LogP contribution in [-0.2, 0) is 6.42 Å². The Morgan fingerprint density at radius 3 is 2.31 bits per heavy atom. The van der Waals surface area contributed by atoms with Gasteiger partial charge in [0.1, 0.15) is 0 Å².